The topological polar surface area (TPSA) is 493 Å². The average Bonchev–Trinajstić information content (AvgIpc) is 0.878. The van der Waals surface area contributed by atoms with Gasteiger partial charge in [-0.2, -0.15) is 6.42 Å². The molecule has 0 atom stereocenters. The van der Waals surface area contributed by atoms with Crippen LogP contribution in [0.15, 0.2) is 72.8 Å². The third kappa shape index (κ3) is 82.4. The van der Waals surface area contributed by atoms with Crippen molar-refractivity contribution in [2.75, 3.05) is 194 Å². The largest absolute Gasteiger partial charge is 1.00 e. The Morgan fingerprint density at radius 3 is 0.711 bits per heavy atom. The second-order valence-corrected chi connectivity index (χ2v) is 41.4. The molecule has 0 radical (unpaired) electrons. The van der Waals surface area contributed by atoms with Gasteiger partial charge in [0.15, 0.2) is 0 Å². The van der Waals surface area contributed by atoms with E-state index in [2.05, 4.69) is 115 Å². The molecule has 0 saturated carbocycles. The molecule has 0 bridgehead atoms. The van der Waals surface area contributed by atoms with E-state index in [-0.39, 0.29) is 313 Å². The number of hydrogen-bond acceptors (Lipinski definition) is 33. The molecule has 4 aromatic rings. The fraction of sp³-hybridized carbons (Fsp3) is 0.629. The molecule has 51 heteroatoms. The SMILES string of the molecule is BrCc1cc(CBr)cc(CBr)c1.COP(=O)(CCc1cc(CBr)cc(CCP(=O)(OC)OC)c1)OC.COP(=O)(CCc1cc(CCP(=O)(OC)OC)cc(CN(CCO)CCO)c1)OC.COP(C)(=O)OC.O=CO[O-].O=P([O-])([O-])CCc1cc(CCP(=O)([O-])[O-])cc(CN(CCO)CCO)c1.OCCNCCO.[CH2-]CCC.[H-].[K+].[K+].[Li+].[Na+].[Na+].[Na+].[Na+]. The summed E-state index contributed by atoms with van der Waals surface area (Å²) >= 11 is 13.8. The van der Waals surface area contributed by atoms with Crippen molar-refractivity contribution in [3.05, 3.63) is 146 Å². The summed E-state index contributed by atoms with van der Waals surface area (Å²) in [4.78, 5) is 58.4. The maximum Gasteiger partial charge on any atom is 1.00 e. The number of carbonyl (C=O) groups is 1. The van der Waals surface area contributed by atoms with Crippen LogP contribution >= 0.6 is 117 Å². The Hall–Kier alpha value is 6.79. The summed E-state index contributed by atoms with van der Waals surface area (Å²) in [6.45, 7) is 10.5. The van der Waals surface area contributed by atoms with Crippen LogP contribution in [0, 0.1) is 6.92 Å². The molecule has 668 valence electrons. The molecule has 0 fully saturated rings. The van der Waals surface area contributed by atoms with Crippen LogP contribution in [0.1, 0.15) is 88.0 Å². The molecule has 0 aliphatic carbocycles. The van der Waals surface area contributed by atoms with Gasteiger partial charge in [-0.3, -0.25) is 37.4 Å². The molecule has 4 rings (SSSR count). The number of rotatable bonds is 50. The maximum atomic E-state index is 12.4. The number of benzene rings is 4. The van der Waals surface area contributed by atoms with Gasteiger partial charge in [-0.15, -0.1) is 0 Å². The Morgan fingerprint density at radius 2 is 0.570 bits per heavy atom. The van der Waals surface area contributed by atoms with Crippen LogP contribution in [0.4, 0.5) is 0 Å². The number of unbranched alkanes of at least 4 members (excludes halogenated alkanes) is 1. The van der Waals surface area contributed by atoms with Crippen molar-refractivity contribution in [1.29, 1.82) is 0 Å². The minimum Gasteiger partial charge on any atom is -1.00 e. The first kappa shape index (κ1) is 151. The van der Waals surface area contributed by atoms with E-state index in [9.17, 15) is 61.7 Å². The molecule has 0 amide bonds. The van der Waals surface area contributed by atoms with E-state index >= 15 is 0 Å². The number of nitrogens with zero attached hydrogens (tertiary/aromatic N) is 2. The van der Waals surface area contributed by atoms with E-state index < -0.39 is 65.5 Å². The minimum atomic E-state index is -4.67. The molecule has 121 heavy (non-hydrogen) atoms. The quantitative estimate of drug-likeness (QED) is 0.00315. The van der Waals surface area contributed by atoms with Crippen LogP contribution in [-0.2, 0) is 160 Å². The van der Waals surface area contributed by atoms with E-state index in [1.807, 2.05) is 41.3 Å². The van der Waals surface area contributed by atoms with Crippen molar-refractivity contribution in [3.63, 3.8) is 0 Å². The molecule has 0 unspecified atom stereocenters. The number of aliphatic hydroxyl groups excluding tert-OH is 6. The standard InChI is InChI=1S/C19H35NO8P2.C15H25BrO6P2.C15H27NO8P2.C9H9Br3.C4H11NO2.C4H9.C3H9O3P.CH2O3.2K.Li.4Na.H/c1-25-29(23,26-2)11-5-17-13-18(6-12-30(24,27-3)28-4)15-19(14-17)16-20(7-9-21)8-10-22;1-19-23(17,20-2)7-5-13-9-14(11-15(10-13)12-16)6-8-24(18,21-3)22-4;17-5-3-16(4-6-18)12-15-10-13(1-7-25(19,20)21)9-14(11-15)2-8-26(22,23)24;10-4-7-1-8(5-11)3-9(2-7)6-12;6-3-1-5-2-4-7;1-3-4-2;1-5-7(3,4)6-2;2-1-4-3;;;;;;;;/h13-15,21-22H,5-12,16H2,1-4H3;9-11H,5-8,12H2,1-4H3;9-11,17-18H,1-8,12H2,(H2,19,20,21)(H2,22,23,24);1-3H,4-6H2;5-7H,1-4H2;1,3-4H2,2H3;1-3H3;1,3H;;;;;;;;/q;;;;;-1;;;7*+1;-1/p-5. The zero-order chi connectivity index (χ0) is 87.9. The second-order valence-electron chi connectivity index (χ2n) is 24.0. The average molecular weight is 2200 g/mol. The summed E-state index contributed by atoms with van der Waals surface area (Å²) in [6, 6.07) is 23.6. The van der Waals surface area contributed by atoms with Gasteiger partial charge in [0.25, 0.3) is 6.47 Å². The Labute approximate surface area is 940 Å². The third-order valence-corrected chi connectivity index (χ3v) is 28.4. The van der Waals surface area contributed by atoms with Crippen molar-refractivity contribution >= 4 is 123 Å². The molecular weight excluding hydrogens is 2080 g/mol. The number of aliphatic hydroxyl groups is 6. The molecule has 0 aromatic heterocycles. The van der Waals surface area contributed by atoms with Crippen LogP contribution in [0.3, 0.4) is 0 Å². The summed E-state index contributed by atoms with van der Waals surface area (Å²) < 4.78 is 130. The van der Waals surface area contributed by atoms with E-state index in [0.717, 1.165) is 55.8 Å². The second kappa shape index (κ2) is 91.9. The fourth-order valence-electron chi connectivity index (χ4n) is 9.32. The molecule has 0 aliphatic heterocycles. The molecule has 33 nitrogen and oxygen atoms in total. The number of halogens is 4. The van der Waals surface area contributed by atoms with Crippen molar-refractivity contribution < 1.29 is 384 Å². The Bertz CT molecular complexity index is 3310. The van der Waals surface area contributed by atoms with Gasteiger partial charge in [0.2, 0.25) is 0 Å². The Balaban J connectivity index is -0.000000122. The van der Waals surface area contributed by atoms with Gasteiger partial charge in [0, 0.05) is 151 Å². The third-order valence-electron chi connectivity index (χ3n) is 15.4. The first-order chi connectivity index (χ1) is 53.8. The van der Waals surface area contributed by atoms with E-state index in [1.54, 1.807) is 23.1 Å². The molecule has 0 spiro atoms. The molecule has 0 saturated heterocycles. The van der Waals surface area contributed by atoms with Crippen LogP contribution in [0.25, 0.3) is 0 Å². The summed E-state index contributed by atoms with van der Waals surface area (Å²) in [5.41, 5.74) is 11.8. The number of carbonyl (C=O) groups excluding carboxylic acids is 1. The van der Waals surface area contributed by atoms with Crippen molar-refractivity contribution in [2.24, 2.45) is 0 Å². The first-order valence-electron chi connectivity index (χ1n) is 35.3. The van der Waals surface area contributed by atoms with Crippen molar-refractivity contribution in [2.45, 2.75) is 92.7 Å². The van der Waals surface area contributed by atoms with Gasteiger partial charge in [-0.25, -0.2) is 0 Å². The van der Waals surface area contributed by atoms with Gasteiger partial charge >= 0.3 is 278 Å². The van der Waals surface area contributed by atoms with Crippen LogP contribution in [0.5, 0.6) is 0 Å². The molecule has 4 aromatic carbocycles. The normalized spacial score (nSPS) is 11.0. The molecular formula is C70H123Br4K2LiN3Na4O30P7. The predicted molar refractivity (Wildman–Crippen MR) is 451 cm³/mol. The number of hydrogen-bond donors (Lipinski definition) is 7. The van der Waals surface area contributed by atoms with E-state index in [1.165, 1.54) is 101 Å². The Kier molecular flexibility index (Phi) is 114. The summed E-state index contributed by atoms with van der Waals surface area (Å²) in [5, 5.41) is 67.7. The Morgan fingerprint density at radius 1 is 0.388 bits per heavy atom. The van der Waals surface area contributed by atoms with Crippen molar-refractivity contribution in [1.82, 2.24) is 15.1 Å². The fourth-order valence-corrected chi connectivity index (χ4v) is 16.0. The number of nitrogens with one attached hydrogen (secondary N) is 1. The molecule has 0 aliphatic rings. The number of aryl methyl sites for hydroxylation is 6. The van der Waals surface area contributed by atoms with Crippen LogP contribution in [0.2, 0.25) is 0 Å². The van der Waals surface area contributed by atoms with Gasteiger partial charge in [-0.05, 0) is 118 Å². The molecule has 0 heterocycles. The minimum absolute atomic E-state index is 0. The van der Waals surface area contributed by atoms with Gasteiger partial charge < -0.3 is 128 Å². The van der Waals surface area contributed by atoms with E-state index in [4.69, 9.17) is 66.7 Å². The monoisotopic (exact) mass is 2200 g/mol. The van der Waals surface area contributed by atoms with Gasteiger partial charge in [-0.1, -0.05) is 165 Å². The smallest absolute Gasteiger partial charge is 1.00 e. The van der Waals surface area contributed by atoms with Crippen LogP contribution in [-0.4, -0.2) is 241 Å². The predicted octanol–water partition coefficient (Wildman–Crippen LogP) is -12.2. The van der Waals surface area contributed by atoms with Gasteiger partial charge in [0.1, 0.15) is 0 Å². The first-order valence-corrected chi connectivity index (χ1v) is 52.2. The zero-order valence-corrected chi connectivity index (χ0v) is 101. The molecule has 7 N–H and O–H groups in total. The summed E-state index contributed by atoms with van der Waals surface area (Å²) in [7, 11) is -10.6. The van der Waals surface area contributed by atoms with E-state index in [0.29, 0.717) is 112 Å². The number of alkyl halides is 4. The summed E-state index contributed by atoms with van der Waals surface area (Å²) in [5.74, 6) is 0. The maximum absolute atomic E-state index is 12.4. The zero-order valence-electron chi connectivity index (χ0n) is 75.4. The summed E-state index contributed by atoms with van der Waals surface area (Å²) in [6.07, 6.45) is 4.29. The van der Waals surface area contributed by atoms with Gasteiger partial charge in [0.05, 0.1) is 64.3 Å². The van der Waals surface area contributed by atoms with Crippen molar-refractivity contribution in [3.8, 4) is 0 Å². The van der Waals surface area contributed by atoms with Crippen LogP contribution < -0.4 is 270 Å².